The molecule has 0 saturated carbocycles. The third-order valence-electron chi connectivity index (χ3n) is 2.69. The molecule has 14 heavy (non-hydrogen) atoms. The van der Waals surface area contributed by atoms with E-state index in [1.165, 1.54) is 6.42 Å². The fraction of sp³-hybridized carbons (Fsp3) is 0.600. The number of hydrogen-bond donors (Lipinski definition) is 1. The number of anilines is 2. The zero-order valence-electron chi connectivity index (χ0n) is 8.70. The Balaban J connectivity index is 2.27. The number of aromatic nitrogens is 2. The summed E-state index contributed by atoms with van der Waals surface area (Å²) in [7, 11) is 0. The van der Waals surface area contributed by atoms with Gasteiger partial charge in [-0.15, -0.1) is 0 Å². The van der Waals surface area contributed by atoms with E-state index in [2.05, 4.69) is 21.8 Å². The van der Waals surface area contributed by atoms with Crippen molar-refractivity contribution in [2.45, 2.75) is 20.3 Å². The first-order chi connectivity index (χ1) is 6.66. The summed E-state index contributed by atoms with van der Waals surface area (Å²) >= 11 is 0. The van der Waals surface area contributed by atoms with Crippen molar-refractivity contribution >= 4 is 11.8 Å². The summed E-state index contributed by atoms with van der Waals surface area (Å²) in [5.74, 6) is 2.12. The predicted octanol–water partition coefficient (Wildman–Crippen LogP) is 1.21. The minimum absolute atomic E-state index is 0.366. The highest BCUT2D eigenvalue weighted by molar-refractivity contribution is 5.48. The molecule has 0 bridgehead atoms. The number of nitrogens with zero attached hydrogens (tertiary/aromatic N) is 3. The molecule has 1 unspecified atom stereocenters. The molecule has 76 valence electrons. The first kappa shape index (κ1) is 9.24. The van der Waals surface area contributed by atoms with Crippen LogP contribution in [0.4, 0.5) is 11.8 Å². The van der Waals surface area contributed by atoms with Crippen LogP contribution in [-0.4, -0.2) is 23.1 Å². The van der Waals surface area contributed by atoms with Crippen LogP contribution < -0.4 is 10.6 Å². The van der Waals surface area contributed by atoms with E-state index in [1.54, 1.807) is 6.20 Å². The van der Waals surface area contributed by atoms with Gasteiger partial charge in [0, 0.05) is 24.8 Å². The van der Waals surface area contributed by atoms with Gasteiger partial charge in [-0.1, -0.05) is 6.92 Å². The van der Waals surface area contributed by atoms with E-state index in [-0.39, 0.29) is 0 Å². The van der Waals surface area contributed by atoms with E-state index in [0.717, 1.165) is 30.4 Å². The molecule has 1 fully saturated rings. The maximum absolute atomic E-state index is 5.58. The Hall–Kier alpha value is -1.32. The molecule has 1 saturated heterocycles. The number of hydrogen-bond acceptors (Lipinski definition) is 4. The second-order valence-corrected chi connectivity index (χ2v) is 4.07. The second kappa shape index (κ2) is 3.44. The normalized spacial score (nSPS) is 21.6. The van der Waals surface area contributed by atoms with Crippen LogP contribution in [0.3, 0.4) is 0 Å². The molecule has 2 rings (SSSR count). The van der Waals surface area contributed by atoms with Gasteiger partial charge in [-0.05, 0) is 19.3 Å². The van der Waals surface area contributed by atoms with Gasteiger partial charge in [-0.2, -0.15) is 4.98 Å². The SMILES string of the molecule is Cc1cnc(N)nc1N1CCC(C)C1. The van der Waals surface area contributed by atoms with Crippen molar-refractivity contribution in [3.05, 3.63) is 11.8 Å². The fourth-order valence-corrected chi connectivity index (χ4v) is 1.89. The zero-order chi connectivity index (χ0) is 10.1. The molecule has 0 spiro atoms. The molecule has 1 aliphatic rings. The standard InChI is InChI=1S/C10H16N4/c1-7-3-4-14(6-7)9-8(2)5-12-10(11)13-9/h5,7H,3-4,6H2,1-2H3,(H2,11,12,13). The van der Waals surface area contributed by atoms with Gasteiger partial charge >= 0.3 is 0 Å². The maximum atomic E-state index is 5.58. The fourth-order valence-electron chi connectivity index (χ4n) is 1.89. The topological polar surface area (TPSA) is 55.0 Å². The van der Waals surface area contributed by atoms with Crippen molar-refractivity contribution in [1.82, 2.24) is 9.97 Å². The third-order valence-corrected chi connectivity index (χ3v) is 2.69. The molecular formula is C10H16N4. The van der Waals surface area contributed by atoms with Crippen molar-refractivity contribution in [2.24, 2.45) is 5.92 Å². The molecule has 1 aliphatic heterocycles. The average Bonchev–Trinajstić information content (AvgIpc) is 2.56. The second-order valence-electron chi connectivity index (χ2n) is 4.07. The Morgan fingerprint density at radius 3 is 3.00 bits per heavy atom. The zero-order valence-corrected chi connectivity index (χ0v) is 8.70. The van der Waals surface area contributed by atoms with Gasteiger partial charge in [0.2, 0.25) is 5.95 Å². The minimum Gasteiger partial charge on any atom is -0.368 e. The molecule has 1 aromatic heterocycles. The lowest BCUT2D eigenvalue weighted by atomic mass is 10.2. The highest BCUT2D eigenvalue weighted by Crippen LogP contribution is 2.24. The van der Waals surface area contributed by atoms with Gasteiger partial charge in [0.15, 0.2) is 0 Å². The highest BCUT2D eigenvalue weighted by Gasteiger charge is 2.21. The summed E-state index contributed by atoms with van der Waals surface area (Å²) in [6, 6.07) is 0. The van der Waals surface area contributed by atoms with Crippen LogP contribution in [0, 0.1) is 12.8 Å². The van der Waals surface area contributed by atoms with Crippen LogP contribution in [0.5, 0.6) is 0 Å². The molecular weight excluding hydrogens is 176 g/mol. The first-order valence-corrected chi connectivity index (χ1v) is 5.01. The number of nitrogens with two attached hydrogens (primary N) is 1. The largest absolute Gasteiger partial charge is 0.368 e. The Morgan fingerprint density at radius 2 is 2.36 bits per heavy atom. The van der Waals surface area contributed by atoms with Crippen molar-refractivity contribution < 1.29 is 0 Å². The third kappa shape index (κ3) is 1.64. The number of nitrogen functional groups attached to an aromatic ring is 1. The first-order valence-electron chi connectivity index (χ1n) is 5.01. The van der Waals surface area contributed by atoms with Gasteiger partial charge in [-0.3, -0.25) is 0 Å². The van der Waals surface area contributed by atoms with Crippen LogP contribution in [0.2, 0.25) is 0 Å². The Kier molecular flexibility index (Phi) is 2.27. The highest BCUT2D eigenvalue weighted by atomic mass is 15.2. The van der Waals surface area contributed by atoms with Gasteiger partial charge in [-0.25, -0.2) is 4.98 Å². The molecule has 0 radical (unpaired) electrons. The van der Waals surface area contributed by atoms with E-state index < -0.39 is 0 Å². The molecule has 0 amide bonds. The molecule has 1 aromatic rings. The number of aryl methyl sites for hydroxylation is 1. The molecule has 2 heterocycles. The van der Waals surface area contributed by atoms with Gasteiger partial charge in [0.25, 0.3) is 0 Å². The summed E-state index contributed by atoms with van der Waals surface area (Å²) in [5, 5.41) is 0. The summed E-state index contributed by atoms with van der Waals surface area (Å²) in [5.41, 5.74) is 6.69. The summed E-state index contributed by atoms with van der Waals surface area (Å²) < 4.78 is 0. The van der Waals surface area contributed by atoms with E-state index >= 15 is 0 Å². The molecule has 0 aliphatic carbocycles. The van der Waals surface area contributed by atoms with Crippen LogP contribution in [0.15, 0.2) is 6.20 Å². The van der Waals surface area contributed by atoms with Crippen LogP contribution in [0.25, 0.3) is 0 Å². The lowest BCUT2D eigenvalue weighted by Gasteiger charge is -2.18. The van der Waals surface area contributed by atoms with Crippen LogP contribution >= 0.6 is 0 Å². The van der Waals surface area contributed by atoms with Crippen molar-refractivity contribution in [3.63, 3.8) is 0 Å². The van der Waals surface area contributed by atoms with Crippen molar-refractivity contribution in [2.75, 3.05) is 23.7 Å². The monoisotopic (exact) mass is 192 g/mol. The van der Waals surface area contributed by atoms with E-state index in [1.807, 2.05) is 6.92 Å². The molecule has 2 N–H and O–H groups in total. The molecule has 1 atom stereocenters. The lowest BCUT2D eigenvalue weighted by molar-refractivity contribution is 0.658. The predicted molar refractivity (Wildman–Crippen MR) is 57.2 cm³/mol. The molecule has 0 aromatic carbocycles. The van der Waals surface area contributed by atoms with Crippen molar-refractivity contribution in [3.8, 4) is 0 Å². The Bertz CT molecular complexity index is 337. The van der Waals surface area contributed by atoms with Crippen LogP contribution in [0.1, 0.15) is 18.9 Å². The van der Waals surface area contributed by atoms with E-state index in [9.17, 15) is 0 Å². The Labute approximate surface area is 84.2 Å². The van der Waals surface area contributed by atoms with Crippen LogP contribution in [-0.2, 0) is 0 Å². The summed E-state index contributed by atoms with van der Waals surface area (Å²) in [6.45, 7) is 6.45. The number of rotatable bonds is 1. The lowest BCUT2D eigenvalue weighted by Crippen LogP contribution is -2.22. The Morgan fingerprint density at radius 1 is 1.57 bits per heavy atom. The minimum atomic E-state index is 0.366. The van der Waals surface area contributed by atoms with Gasteiger partial charge in [0.05, 0.1) is 0 Å². The van der Waals surface area contributed by atoms with Gasteiger partial charge < -0.3 is 10.6 Å². The average molecular weight is 192 g/mol. The van der Waals surface area contributed by atoms with Gasteiger partial charge in [0.1, 0.15) is 5.82 Å². The maximum Gasteiger partial charge on any atom is 0.221 e. The molecule has 4 heteroatoms. The van der Waals surface area contributed by atoms with Crippen molar-refractivity contribution in [1.29, 1.82) is 0 Å². The summed E-state index contributed by atoms with van der Waals surface area (Å²) in [4.78, 5) is 10.5. The molecule has 4 nitrogen and oxygen atoms in total. The van der Waals surface area contributed by atoms with E-state index in [4.69, 9.17) is 5.73 Å². The quantitative estimate of drug-likeness (QED) is 0.726. The summed E-state index contributed by atoms with van der Waals surface area (Å²) in [6.07, 6.45) is 3.03. The van der Waals surface area contributed by atoms with E-state index in [0.29, 0.717) is 5.95 Å². The smallest absolute Gasteiger partial charge is 0.221 e.